The molecule has 1 aliphatic heterocycles. The van der Waals surface area contributed by atoms with E-state index in [1.165, 1.54) is 6.07 Å². The molecular formula is C20H27N3O5S2. The van der Waals surface area contributed by atoms with Gasteiger partial charge < -0.3 is 20.1 Å². The van der Waals surface area contributed by atoms with Crippen LogP contribution in [0.4, 0.5) is 5.69 Å². The van der Waals surface area contributed by atoms with Crippen molar-refractivity contribution < 1.29 is 23.1 Å². The Bertz CT molecular complexity index is 978. The molecule has 0 radical (unpaired) electrons. The minimum absolute atomic E-state index is 0.0505. The summed E-state index contributed by atoms with van der Waals surface area (Å²) < 4.78 is 34.5. The van der Waals surface area contributed by atoms with Gasteiger partial charge in [-0.15, -0.1) is 11.3 Å². The van der Waals surface area contributed by atoms with E-state index in [0.717, 1.165) is 11.3 Å². The fourth-order valence-corrected chi connectivity index (χ4v) is 5.44. The van der Waals surface area contributed by atoms with Crippen LogP contribution in [0.3, 0.4) is 0 Å². The summed E-state index contributed by atoms with van der Waals surface area (Å²) >= 11 is 1.11. The lowest BCUT2D eigenvalue weighted by Crippen LogP contribution is -2.49. The van der Waals surface area contributed by atoms with E-state index in [4.69, 9.17) is 4.74 Å². The fraction of sp³-hybridized carbons (Fsp3) is 0.450. The van der Waals surface area contributed by atoms with E-state index in [1.807, 2.05) is 6.92 Å². The molecule has 164 valence electrons. The highest BCUT2D eigenvalue weighted by Gasteiger charge is 2.34. The van der Waals surface area contributed by atoms with E-state index in [1.54, 1.807) is 48.5 Å². The molecular weight excluding hydrogens is 426 g/mol. The smallest absolute Gasteiger partial charge is 0.271 e. The quantitative estimate of drug-likeness (QED) is 0.592. The van der Waals surface area contributed by atoms with Gasteiger partial charge in [0.1, 0.15) is 10.3 Å². The average molecular weight is 454 g/mol. The molecule has 0 unspecified atom stereocenters. The third-order valence-electron chi connectivity index (χ3n) is 5.10. The highest BCUT2D eigenvalue weighted by molar-refractivity contribution is 7.94. The maximum atomic E-state index is 13.3. The topological polar surface area (TPSA) is 108 Å². The SMILES string of the molecule is CNC[C@H]1Oc2c(NS(=O)(=O)c3cccs3)cccc2C(=O)N([C@H](C)CO)C[C@H]1C. The van der Waals surface area contributed by atoms with Crippen molar-refractivity contribution >= 4 is 33.0 Å². The Morgan fingerprint density at radius 3 is 2.73 bits per heavy atom. The normalized spacial score (nSPS) is 20.7. The fourth-order valence-electron chi connectivity index (χ4n) is 3.38. The van der Waals surface area contributed by atoms with Crippen LogP contribution in [0, 0.1) is 5.92 Å². The number of fused-ring (bicyclic) bond motifs is 1. The molecule has 0 saturated carbocycles. The number of ether oxygens (including phenoxy) is 1. The van der Waals surface area contributed by atoms with Crippen LogP contribution in [0.15, 0.2) is 39.9 Å². The number of aliphatic hydroxyl groups is 1. The summed E-state index contributed by atoms with van der Waals surface area (Å²) in [5, 5.41) is 14.4. The molecule has 0 saturated heterocycles. The van der Waals surface area contributed by atoms with E-state index < -0.39 is 10.0 Å². The van der Waals surface area contributed by atoms with Crippen LogP contribution in [-0.4, -0.2) is 63.2 Å². The summed E-state index contributed by atoms with van der Waals surface area (Å²) in [4.78, 5) is 14.9. The van der Waals surface area contributed by atoms with Crippen molar-refractivity contribution in [2.45, 2.75) is 30.2 Å². The molecule has 1 aromatic heterocycles. The molecule has 0 bridgehead atoms. The second-order valence-corrected chi connectivity index (χ2v) is 10.3. The molecule has 2 aromatic rings. The molecule has 10 heteroatoms. The molecule has 3 rings (SSSR count). The van der Waals surface area contributed by atoms with Crippen LogP contribution < -0.4 is 14.8 Å². The summed E-state index contributed by atoms with van der Waals surface area (Å²) in [6, 6.07) is 7.61. The first-order chi connectivity index (χ1) is 14.3. The number of carbonyl (C=O) groups is 1. The van der Waals surface area contributed by atoms with Crippen LogP contribution in [-0.2, 0) is 10.0 Å². The van der Waals surface area contributed by atoms with Crippen molar-refractivity contribution in [3.8, 4) is 5.75 Å². The highest BCUT2D eigenvalue weighted by atomic mass is 32.2. The van der Waals surface area contributed by atoms with Crippen molar-refractivity contribution in [3.05, 3.63) is 41.3 Å². The number of nitrogens with zero attached hydrogens (tertiary/aromatic N) is 1. The summed E-state index contributed by atoms with van der Waals surface area (Å²) in [7, 11) is -2.01. The van der Waals surface area contributed by atoms with Gasteiger partial charge in [0.05, 0.1) is 23.9 Å². The van der Waals surface area contributed by atoms with Gasteiger partial charge in [0.2, 0.25) is 0 Å². The molecule has 1 amide bonds. The number of thiophene rings is 1. The largest absolute Gasteiger partial charge is 0.486 e. The average Bonchev–Trinajstić information content (AvgIpc) is 3.26. The van der Waals surface area contributed by atoms with Gasteiger partial charge in [0.15, 0.2) is 5.75 Å². The Balaban J connectivity index is 2.08. The molecule has 3 atom stereocenters. The Hall–Kier alpha value is -2.14. The molecule has 0 fully saturated rings. The third kappa shape index (κ3) is 4.61. The second-order valence-electron chi connectivity index (χ2n) is 7.40. The van der Waals surface area contributed by atoms with Gasteiger partial charge in [-0.1, -0.05) is 19.1 Å². The van der Waals surface area contributed by atoms with E-state index in [9.17, 15) is 18.3 Å². The lowest BCUT2D eigenvalue weighted by molar-refractivity contribution is 0.0417. The molecule has 8 nitrogen and oxygen atoms in total. The lowest BCUT2D eigenvalue weighted by atomic mass is 9.99. The Labute approximate surface area is 180 Å². The predicted octanol–water partition coefficient (Wildman–Crippen LogP) is 1.99. The van der Waals surface area contributed by atoms with E-state index in [0.29, 0.717) is 13.1 Å². The van der Waals surface area contributed by atoms with Gasteiger partial charge >= 0.3 is 0 Å². The van der Waals surface area contributed by atoms with Crippen LogP contribution in [0.1, 0.15) is 24.2 Å². The van der Waals surface area contributed by atoms with Crippen LogP contribution in [0.25, 0.3) is 0 Å². The van der Waals surface area contributed by atoms with Crippen LogP contribution in [0.2, 0.25) is 0 Å². The lowest BCUT2D eigenvalue weighted by Gasteiger charge is -2.37. The zero-order valence-electron chi connectivity index (χ0n) is 17.2. The highest BCUT2D eigenvalue weighted by Crippen LogP contribution is 2.36. The van der Waals surface area contributed by atoms with Crippen molar-refractivity contribution in [2.24, 2.45) is 5.92 Å². The Kier molecular flexibility index (Phi) is 7.02. The zero-order valence-corrected chi connectivity index (χ0v) is 18.8. The minimum atomic E-state index is -3.81. The van der Waals surface area contributed by atoms with Crippen LogP contribution >= 0.6 is 11.3 Å². The number of hydrogen-bond donors (Lipinski definition) is 3. The summed E-state index contributed by atoms with van der Waals surface area (Å²) in [6.45, 7) is 4.51. The number of likely N-dealkylation sites (N-methyl/N-ethyl adjacent to an activating group) is 1. The zero-order chi connectivity index (χ0) is 21.9. The first kappa shape index (κ1) is 22.5. The molecule has 1 aliphatic rings. The van der Waals surface area contributed by atoms with Gasteiger partial charge in [-0.2, -0.15) is 0 Å². The minimum Gasteiger partial charge on any atom is -0.486 e. The van der Waals surface area contributed by atoms with Gasteiger partial charge in [-0.05, 0) is 37.6 Å². The Morgan fingerprint density at radius 1 is 1.33 bits per heavy atom. The first-order valence-corrected chi connectivity index (χ1v) is 12.1. The number of rotatable bonds is 7. The van der Waals surface area contributed by atoms with Gasteiger partial charge in [-0.25, -0.2) is 8.42 Å². The van der Waals surface area contributed by atoms with E-state index in [-0.39, 0.29) is 51.8 Å². The Morgan fingerprint density at radius 2 is 2.10 bits per heavy atom. The predicted molar refractivity (Wildman–Crippen MR) is 117 cm³/mol. The van der Waals surface area contributed by atoms with E-state index >= 15 is 0 Å². The number of benzene rings is 1. The second kappa shape index (κ2) is 9.34. The number of sulfonamides is 1. The van der Waals surface area contributed by atoms with Crippen molar-refractivity contribution in [3.63, 3.8) is 0 Å². The molecule has 0 spiro atoms. The van der Waals surface area contributed by atoms with Gasteiger partial charge in [-0.3, -0.25) is 9.52 Å². The van der Waals surface area contributed by atoms with Gasteiger partial charge in [0.25, 0.3) is 15.9 Å². The van der Waals surface area contributed by atoms with Crippen molar-refractivity contribution in [1.82, 2.24) is 10.2 Å². The standard InChI is InChI=1S/C20H27N3O5S2/c1-13-11-23(14(2)12-24)20(25)15-6-4-7-16(19(15)28-17(13)10-21-3)22-30(26,27)18-8-5-9-29-18/h4-9,13-14,17,21-22,24H,10-12H2,1-3H3/t13-,14-,17-/m1/s1. The number of para-hydroxylation sites is 1. The molecule has 1 aromatic carbocycles. The maximum absolute atomic E-state index is 13.3. The molecule has 0 aliphatic carbocycles. The number of aliphatic hydroxyl groups excluding tert-OH is 1. The third-order valence-corrected chi connectivity index (χ3v) is 7.86. The van der Waals surface area contributed by atoms with E-state index in [2.05, 4.69) is 10.0 Å². The number of nitrogens with one attached hydrogen (secondary N) is 2. The summed E-state index contributed by atoms with van der Waals surface area (Å²) in [5.41, 5.74) is 0.468. The monoisotopic (exact) mass is 453 g/mol. The number of anilines is 1. The number of hydrogen-bond acceptors (Lipinski definition) is 7. The summed E-state index contributed by atoms with van der Waals surface area (Å²) in [5.74, 6) is -0.159. The number of carbonyl (C=O) groups excluding carboxylic acids is 1. The first-order valence-electron chi connectivity index (χ1n) is 9.71. The maximum Gasteiger partial charge on any atom is 0.271 e. The summed E-state index contributed by atoms with van der Waals surface area (Å²) in [6.07, 6.45) is -0.303. The molecule has 30 heavy (non-hydrogen) atoms. The molecule has 2 heterocycles. The van der Waals surface area contributed by atoms with Crippen molar-refractivity contribution in [2.75, 3.05) is 31.5 Å². The number of amides is 1. The molecule has 3 N–H and O–H groups in total. The van der Waals surface area contributed by atoms with Crippen molar-refractivity contribution in [1.29, 1.82) is 0 Å². The van der Waals surface area contributed by atoms with Crippen LogP contribution in [0.5, 0.6) is 5.75 Å². The van der Waals surface area contributed by atoms with Gasteiger partial charge in [0, 0.05) is 19.0 Å².